The summed E-state index contributed by atoms with van der Waals surface area (Å²) in [5.74, 6) is 1.67. The van der Waals surface area contributed by atoms with Gasteiger partial charge in [-0.05, 0) is 41.3 Å². The van der Waals surface area contributed by atoms with Crippen LogP contribution in [0.4, 0.5) is 0 Å². The molecule has 0 amide bonds. The second kappa shape index (κ2) is 5.55. The first-order valence-corrected chi connectivity index (χ1v) is 6.97. The molecule has 3 heteroatoms. The van der Waals surface area contributed by atoms with Gasteiger partial charge in [0.15, 0.2) is 11.5 Å². The number of ether oxygens (including phenoxy) is 2. The van der Waals surface area contributed by atoms with E-state index >= 15 is 0 Å². The zero-order chi connectivity index (χ0) is 13.9. The molecular weight excluding hydrogens is 250 g/mol. The van der Waals surface area contributed by atoms with Gasteiger partial charge < -0.3 is 15.2 Å². The molecule has 1 aliphatic heterocycles. The second-order valence-electron chi connectivity index (χ2n) is 5.07. The van der Waals surface area contributed by atoms with Crippen molar-refractivity contribution in [3.63, 3.8) is 0 Å². The molecule has 3 rings (SSSR count). The molecule has 0 aliphatic carbocycles. The molecule has 0 radical (unpaired) electrons. The Balaban J connectivity index is 2.00. The molecule has 0 atom stereocenters. The Kier molecular flexibility index (Phi) is 3.61. The third kappa shape index (κ3) is 2.49. The van der Waals surface area contributed by atoms with Gasteiger partial charge in [-0.25, -0.2) is 0 Å². The van der Waals surface area contributed by atoms with E-state index in [-0.39, 0.29) is 0 Å². The van der Waals surface area contributed by atoms with Crippen LogP contribution in [0.25, 0.3) is 11.1 Å². The minimum Gasteiger partial charge on any atom is -0.490 e. The number of hydrogen-bond acceptors (Lipinski definition) is 3. The number of aryl methyl sites for hydroxylation is 1. The molecule has 0 bridgehead atoms. The topological polar surface area (TPSA) is 44.5 Å². The Hall–Kier alpha value is -2.00. The van der Waals surface area contributed by atoms with Gasteiger partial charge in [0.2, 0.25) is 0 Å². The second-order valence-corrected chi connectivity index (χ2v) is 5.07. The first-order valence-electron chi connectivity index (χ1n) is 6.97. The minimum atomic E-state index is 0.572. The first-order chi connectivity index (χ1) is 9.78. The summed E-state index contributed by atoms with van der Waals surface area (Å²) in [6.07, 6.45) is 0.925. The Morgan fingerprint density at radius 3 is 2.55 bits per heavy atom. The Bertz CT molecular complexity index is 622. The molecule has 0 aromatic heterocycles. The summed E-state index contributed by atoms with van der Waals surface area (Å²) >= 11 is 0. The maximum Gasteiger partial charge on any atom is 0.161 e. The average molecular weight is 269 g/mol. The Labute approximate surface area is 119 Å². The van der Waals surface area contributed by atoms with E-state index in [1.165, 1.54) is 11.1 Å². The molecule has 2 aromatic rings. The lowest BCUT2D eigenvalue weighted by molar-refractivity contribution is 0.297. The van der Waals surface area contributed by atoms with Crippen molar-refractivity contribution < 1.29 is 9.47 Å². The van der Waals surface area contributed by atoms with Crippen molar-refractivity contribution in [2.24, 2.45) is 5.73 Å². The summed E-state index contributed by atoms with van der Waals surface area (Å²) in [5.41, 5.74) is 10.4. The van der Waals surface area contributed by atoms with E-state index in [1.807, 2.05) is 6.07 Å². The van der Waals surface area contributed by atoms with E-state index in [4.69, 9.17) is 15.2 Å². The summed E-state index contributed by atoms with van der Waals surface area (Å²) in [7, 11) is 0. The number of rotatable bonds is 2. The van der Waals surface area contributed by atoms with Gasteiger partial charge in [0.05, 0.1) is 13.2 Å². The highest BCUT2D eigenvalue weighted by atomic mass is 16.5. The van der Waals surface area contributed by atoms with Crippen LogP contribution in [0.3, 0.4) is 0 Å². The molecule has 0 fully saturated rings. The molecule has 20 heavy (non-hydrogen) atoms. The predicted octanol–water partition coefficient (Wildman–Crippen LogP) is 3.28. The molecule has 0 spiro atoms. The first kappa shape index (κ1) is 13.0. The Morgan fingerprint density at radius 2 is 1.80 bits per heavy atom. The zero-order valence-electron chi connectivity index (χ0n) is 11.7. The maximum absolute atomic E-state index is 5.75. The van der Waals surface area contributed by atoms with Crippen molar-refractivity contribution in [1.82, 2.24) is 0 Å². The van der Waals surface area contributed by atoms with E-state index < -0.39 is 0 Å². The third-order valence-electron chi connectivity index (χ3n) is 3.59. The summed E-state index contributed by atoms with van der Waals surface area (Å²) in [6, 6.07) is 12.5. The fraction of sp³-hybridized carbons (Fsp3) is 0.294. The quantitative estimate of drug-likeness (QED) is 0.910. The number of fused-ring (bicyclic) bond motifs is 1. The summed E-state index contributed by atoms with van der Waals surface area (Å²) < 4.78 is 11.4. The van der Waals surface area contributed by atoms with Crippen molar-refractivity contribution in [3.05, 3.63) is 47.5 Å². The summed E-state index contributed by atoms with van der Waals surface area (Å²) in [4.78, 5) is 0. The van der Waals surface area contributed by atoms with Crippen LogP contribution < -0.4 is 15.2 Å². The van der Waals surface area contributed by atoms with Crippen LogP contribution in [0.5, 0.6) is 11.5 Å². The van der Waals surface area contributed by atoms with E-state index in [0.29, 0.717) is 13.2 Å². The van der Waals surface area contributed by atoms with Crippen LogP contribution in [0.15, 0.2) is 36.4 Å². The van der Waals surface area contributed by atoms with E-state index in [2.05, 4.69) is 37.3 Å². The molecule has 2 N–H and O–H groups in total. The molecule has 0 saturated heterocycles. The molecule has 0 unspecified atom stereocenters. The van der Waals surface area contributed by atoms with Crippen LogP contribution in [-0.2, 0) is 6.54 Å². The monoisotopic (exact) mass is 269 g/mol. The highest BCUT2D eigenvalue weighted by molar-refractivity contribution is 5.70. The highest BCUT2D eigenvalue weighted by Gasteiger charge is 2.12. The van der Waals surface area contributed by atoms with Crippen LogP contribution in [-0.4, -0.2) is 13.2 Å². The lowest BCUT2D eigenvalue weighted by Gasteiger charge is -2.12. The molecule has 1 heterocycles. The molecule has 2 aromatic carbocycles. The van der Waals surface area contributed by atoms with Gasteiger partial charge in [-0.2, -0.15) is 0 Å². The highest BCUT2D eigenvalue weighted by Crippen LogP contribution is 2.35. The lowest BCUT2D eigenvalue weighted by Crippen LogP contribution is -1.97. The fourth-order valence-electron chi connectivity index (χ4n) is 2.51. The standard InChI is InChI=1S/C17H19NO2/c1-12-9-13(11-18)3-5-15(12)14-4-6-16-17(10-14)20-8-2-7-19-16/h3-6,9-10H,2,7-8,11,18H2,1H3. The zero-order valence-corrected chi connectivity index (χ0v) is 11.7. The largest absolute Gasteiger partial charge is 0.490 e. The molecule has 0 saturated carbocycles. The number of hydrogen-bond donors (Lipinski definition) is 1. The van der Waals surface area contributed by atoms with E-state index in [1.54, 1.807) is 0 Å². The van der Waals surface area contributed by atoms with Crippen molar-refractivity contribution in [3.8, 4) is 22.6 Å². The Morgan fingerprint density at radius 1 is 1.00 bits per heavy atom. The van der Waals surface area contributed by atoms with Gasteiger partial charge in [-0.15, -0.1) is 0 Å². The smallest absolute Gasteiger partial charge is 0.161 e. The van der Waals surface area contributed by atoms with E-state index in [9.17, 15) is 0 Å². The van der Waals surface area contributed by atoms with Crippen LogP contribution in [0.2, 0.25) is 0 Å². The SMILES string of the molecule is Cc1cc(CN)ccc1-c1ccc2c(c1)OCCCO2. The summed E-state index contributed by atoms with van der Waals surface area (Å²) in [5, 5.41) is 0. The average Bonchev–Trinajstić information content (AvgIpc) is 2.71. The van der Waals surface area contributed by atoms with Gasteiger partial charge in [0, 0.05) is 13.0 Å². The van der Waals surface area contributed by atoms with Crippen molar-refractivity contribution >= 4 is 0 Å². The predicted molar refractivity (Wildman–Crippen MR) is 80.1 cm³/mol. The number of benzene rings is 2. The van der Waals surface area contributed by atoms with Crippen molar-refractivity contribution in [1.29, 1.82) is 0 Å². The van der Waals surface area contributed by atoms with Crippen molar-refractivity contribution in [2.45, 2.75) is 19.9 Å². The van der Waals surface area contributed by atoms with Crippen LogP contribution in [0, 0.1) is 6.92 Å². The summed E-state index contributed by atoms with van der Waals surface area (Å²) in [6.45, 7) is 4.11. The van der Waals surface area contributed by atoms with Gasteiger partial charge in [0.1, 0.15) is 0 Å². The normalized spacial score (nSPS) is 13.9. The fourth-order valence-corrected chi connectivity index (χ4v) is 2.51. The molecular formula is C17H19NO2. The lowest BCUT2D eigenvalue weighted by atomic mass is 9.98. The van der Waals surface area contributed by atoms with Gasteiger partial charge in [0.25, 0.3) is 0 Å². The van der Waals surface area contributed by atoms with Gasteiger partial charge >= 0.3 is 0 Å². The third-order valence-corrected chi connectivity index (χ3v) is 3.59. The van der Waals surface area contributed by atoms with Crippen LogP contribution >= 0.6 is 0 Å². The maximum atomic E-state index is 5.75. The van der Waals surface area contributed by atoms with E-state index in [0.717, 1.165) is 35.7 Å². The number of nitrogens with two attached hydrogens (primary N) is 1. The van der Waals surface area contributed by atoms with Gasteiger partial charge in [-0.1, -0.05) is 24.3 Å². The minimum absolute atomic E-state index is 0.572. The molecule has 3 nitrogen and oxygen atoms in total. The molecule has 104 valence electrons. The molecule has 1 aliphatic rings. The van der Waals surface area contributed by atoms with Crippen LogP contribution in [0.1, 0.15) is 17.5 Å². The van der Waals surface area contributed by atoms with Crippen molar-refractivity contribution in [2.75, 3.05) is 13.2 Å². The van der Waals surface area contributed by atoms with Gasteiger partial charge in [-0.3, -0.25) is 0 Å².